The molecule has 0 aromatic heterocycles. The maximum absolute atomic E-state index is 12.5. The summed E-state index contributed by atoms with van der Waals surface area (Å²) in [7, 11) is -2.40. The molecule has 0 atom stereocenters. The highest BCUT2D eigenvalue weighted by molar-refractivity contribution is 7.89. The summed E-state index contributed by atoms with van der Waals surface area (Å²) in [5.41, 5.74) is 0.512. The number of carbonyl (C=O) groups is 1. The minimum Gasteiger partial charge on any atom is -0.495 e. The van der Waals surface area contributed by atoms with Crippen molar-refractivity contribution in [2.24, 2.45) is 0 Å². The SMILES string of the molecule is COc1ccc(C(=O)C=C(C)C)cc1S(=O)(=O)NC(C)(C)C. The average molecular weight is 325 g/mol. The van der Waals surface area contributed by atoms with Gasteiger partial charge in [0.15, 0.2) is 5.78 Å². The first-order chi connectivity index (χ1) is 9.96. The van der Waals surface area contributed by atoms with Crippen molar-refractivity contribution in [2.75, 3.05) is 7.11 Å². The highest BCUT2D eigenvalue weighted by atomic mass is 32.2. The number of hydrogen-bond acceptors (Lipinski definition) is 4. The lowest BCUT2D eigenvalue weighted by molar-refractivity contribution is 0.104. The van der Waals surface area contributed by atoms with Gasteiger partial charge in [-0.2, -0.15) is 0 Å². The number of allylic oxidation sites excluding steroid dienone is 2. The largest absolute Gasteiger partial charge is 0.495 e. The molecule has 0 radical (unpaired) electrons. The summed E-state index contributed by atoms with van der Waals surface area (Å²) >= 11 is 0. The van der Waals surface area contributed by atoms with E-state index in [4.69, 9.17) is 4.74 Å². The van der Waals surface area contributed by atoms with Gasteiger partial charge in [-0.15, -0.1) is 0 Å². The molecule has 22 heavy (non-hydrogen) atoms. The van der Waals surface area contributed by atoms with E-state index in [1.165, 1.54) is 25.3 Å². The lowest BCUT2D eigenvalue weighted by Crippen LogP contribution is -2.40. The third-order valence-corrected chi connectivity index (χ3v) is 4.38. The third-order valence-electron chi connectivity index (χ3n) is 2.60. The summed E-state index contributed by atoms with van der Waals surface area (Å²) in [5.74, 6) is -0.0413. The highest BCUT2D eigenvalue weighted by Crippen LogP contribution is 2.26. The van der Waals surface area contributed by atoms with Crippen LogP contribution in [0.1, 0.15) is 45.0 Å². The highest BCUT2D eigenvalue weighted by Gasteiger charge is 2.26. The molecule has 1 rings (SSSR count). The quantitative estimate of drug-likeness (QED) is 0.667. The Bertz CT molecular complexity index is 693. The summed E-state index contributed by atoms with van der Waals surface area (Å²) in [6.45, 7) is 8.85. The van der Waals surface area contributed by atoms with Crippen molar-refractivity contribution in [1.82, 2.24) is 4.72 Å². The van der Waals surface area contributed by atoms with Crippen molar-refractivity contribution >= 4 is 15.8 Å². The summed E-state index contributed by atoms with van der Waals surface area (Å²) in [4.78, 5) is 12.0. The zero-order chi connectivity index (χ0) is 17.1. The van der Waals surface area contributed by atoms with Crippen LogP contribution >= 0.6 is 0 Å². The summed E-state index contributed by atoms with van der Waals surface area (Å²) in [5, 5.41) is 0. The van der Waals surface area contributed by atoms with E-state index in [0.29, 0.717) is 5.56 Å². The molecule has 0 aliphatic carbocycles. The van der Waals surface area contributed by atoms with Crippen LogP contribution in [-0.4, -0.2) is 26.8 Å². The molecule has 0 aliphatic rings. The smallest absolute Gasteiger partial charge is 0.244 e. The summed E-state index contributed by atoms with van der Waals surface area (Å²) < 4.78 is 32.7. The van der Waals surface area contributed by atoms with Gasteiger partial charge in [-0.1, -0.05) is 5.57 Å². The van der Waals surface area contributed by atoms with Gasteiger partial charge in [-0.25, -0.2) is 13.1 Å². The molecule has 0 unspecified atom stereocenters. The van der Waals surface area contributed by atoms with Crippen molar-refractivity contribution in [3.8, 4) is 5.75 Å². The standard InChI is InChI=1S/C16H23NO4S/c1-11(2)9-13(18)12-7-8-14(21-6)15(10-12)22(19,20)17-16(3,4)5/h7-10,17H,1-6H3. The van der Waals surface area contributed by atoms with Crippen LogP contribution in [0.2, 0.25) is 0 Å². The van der Waals surface area contributed by atoms with E-state index in [2.05, 4.69) is 4.72 Å². The van der Waals surface area contributed by atoms with Gasteiger partial charge in [0.25, 0.3) is 0 Å². The van der Waals surface area contributed by atoms with Gasteiger partial charge in [-0.05, 0) is 58.9 Å². The molecule has 0 heterocycles. The van der Waals surface area contributed by atoms with E-state index >= 15 is 0 Å². The number of ketones is 1. The van der Waals surface area contributed by atoms with Crippen LogP contribution in [0.4, 0.5) is 0 Å². The molecule has 0 fully saturated rings. The van der Waals surface area contributed by atoms with Gasteiger partial charge in [0, 0.05) is 11.1 Å². The Hall–Kier alpha value is -1.66. The average Bonchev–Trinajstić information content (AvgIpc) is 2.34. The Balaban J connectivity index is 3.40. The maximum atomic E-state index is 12.5. The predicted molar refractivity (Wildman–Crippen MR) is 86.8 cm³/mol. The van der Waals surface area contributed by atoms with E-state index < -0.39 is 15.6 Å². The minimum atomic E-state index is -3.79. The molecule has 0 saturated heterocycles. The van der Waals surface area contributed by atoms with Crippen LogP contribution < -0.4 is 9.46 Å². The number of ether oxygens (including phenoxy) is 1. The Kier molecular flexibility index (Phi) is 5.54. The number of methoxy groups -OCH3 is 1. The second kappa shape index (κ2) is 6.62. The molecule has 0 aliphatic heterocycles. The third kappa shape index (κ3) is 4.96. The van der Waals surface area contributed by atoms with E-state index in [1.807, 2.05) is 0 Å². The fourth-order valence-electron chi connectivity index (χ4n) is 1.84. The van der Waals surface area contributed by atoms with Crippen molar-refractivity contribution in [2.45, 2.75) is 45.1 Å². The van der Waals surface area contributed by atoms with Crippen LogP contribution in [0.25, 0.3) is 0 Å². The molecule has 1 aromatic rings. The molecule has 6 heteroatoms. The normalized spacial score (nSPS) is 11.9. The first-order valence-electron chi connectivity index (χ1n) is 6.87. The van der Waals surface area contributed by atoms with Crippen molar-refractivity contribution in [1.29, 1.82) is 0 Å². The second-order valence-electron chi connectivity index (χ2n) is 6.31. The zero-order valence-electron chi connectivity index (χ0n) is 13.9. The molecular formula is C16H23NO4S. The number of rotatable bonds is 5. The number of carbonyl (C=O) groups excluding carboxylic acids is 1. The number of benzene rings is 1. The van der Waals surface area contributed by atoms with Gasteiger partial charge < -0.3 is 4.74 Å². The lowest BCUT2D eigenvalue weighted by Gasteiger charge is -2.21. The van der Waals surface area contributed by atoms with Crippen LogP contribution in [0.15, 0.2) is 34.7 Å². The van der Waals surface area contributed by atoms with E-state index in [9.17, 15) is 13.2 Å². The van der Waals surface area contributed by atoms with Crippen LogP contribution in [0.5, 0.6) is 5.75 Å². The molecule has 0 saturated carbocycles. The van der Waals surface area contributed by atoms with Gasteiger partial charge in [-0.3, -0.25) is 4.79 Å². The lowest BCUT2D eigenvalue weighted by atomic mass is 10.1. The Morgan fingerprint density at radius 1 is 1.23 bits per heavy atom. The monoisotopic (exact) mass is 325 g/mol. The van der Waals surface area contributed by atoms with Crippen LogP contribution in [0, 0.1) is 0 Å². The zero-order valence-corrected chi connectivity index (χ0v) is 14.7. The van der Waals surface area contributed by atoms with Crippen molar-refractivity contribution in [3.05, 3.63) is 35.4 Å². The molecule has 122 valence electrons. The van der Waals surface area contributed by atoms with E-state index in [-0.39, 0.29) is 16.4 Å². The topological polar surface area (TPSA) is 72.5 Å². The molecule has 0 amide bonds. The van der Waals surface area contributed by atoms with Gasteiger partial charge in [0.2, 0.25) is 10.0 Å². The minimum absolute atomic E-state index is 0.0436. The molecule has 1 aromatic carbocycles. The Morgan fingerprint density at radius 2 is 1.82 bits per heavy atom. The van der Waals surface area contributed by atoms with Gasteiger partial charge >= 0.3 is 0 Å². The van der Waals surface area contributed by atoms with Crippen molar-refractivity contribution in [3.63, 3.8) is 0 Å². The number of sulfonamides is 1. The number of hydrogen-bond donors (Lipinski definition) is 1. The Labute approximate surface area is 132 Å². The summed E-state index contributed by atoms with van der Waals surface area (Å²) in [6, 6.07) is 4.38. The summed E-state index contributed by atoms with van der Waals surface area (Å²) in [6.07, 6.45) is 1.47. The maximum Gasteiger partial charge on any atom is 0.244 e. The van der Waals surface area contributed by atoms with E-state index in [0.717, 1.165) is 5.57 Å². The molecular weight excluding hydrogens is 302 g/mol. The van der Waals surface area contributed by atoms with Crippen LogP contribution in [-0.2, 0) is 10.0 Å². The van der Waals surface area contributed by atoms with Crippen molar-refractivity contribution < 1.29 is 17.9 Å². The molecule has 1 N–H and O–H groups in total. The molecule has 5 nitrogen and oxygen atoms in total. The fourth-order valence-corrected chi connectivity index (χ4v) is 3.46. The van der Waals surface area contributed by atoms with Gasteiger partial charge in [0.1, 0.15) is 10.6 Å². The van der Waals surface area contributed by atoms with Gasteiger partial charge in [0.05, 0.1) is 7.11 Å². The van der Waals surface area contributed by atoms with Crippen LogP contribution in [0.3, 0.4) is 0 Å². The predicted octanol–water partition coefficient (Wildman–Crippen LogP) is 2.92. The number of nitrogens with one attached hydrogen (secondary N) is 1. The molecule has 0 spiro atoms. The first kappa shape index (κ1) is 18.4. The fraction of sp³-hybridized carbons (Fsp3) is 0.438. The first-order valence-corrected chi connectivity index (χ1v) is 8.36. The molecule has 0 bridgehead atoms. The Morgan fingerprint density at radius 3 is 2.27 bits per heavy atom. The van der Waals surface area contributed by atoms with E-state index in [1.54, 1.807) is 40.7 Å². The second-order valence-corrected chi connectivity index (χ2v) is 7.96.